The first-order chi connectivity index (χ1) is 12.3. The third-order valence-electron chi connectivity index (χ3n) is 3.37. The molecule has 0 spiro atoms. The van der Waals surface area contributed by atoms with Gasteiger partial charge in [0.1, 0.15) is 17.9 Å². The fourth-order valence-electron chi connectivity index (χ4n) is 2.18. The molecule has 0 aliphatic carbocycles. The van der Waals surface area contributed by atoms with E-state index in [-0.39, 0.29) is 12.5 Å². The maximum atomic E-state index is 12.3. The summed E-state index contributed by atoms with van der Waals surface area (Å²) in [6.07, 6.45) is 5.27. The number of rotatable bonds is 6. The summed E-state index contributed by atoms with van der Waals surface area (Å²) in [4.78, 5) is 16.4. The molecule has 0 bridgehead atoms. The molecule has 0 unspecified atom stereocenters. The molecule has 4 heteroatoms. The highest BCUT2D eigenvalue weighted by atomic mass is 16.5. The number of carbonyl (C=O) groups excluding carboxylic acids is 1. The summed E-state index contributed by atoms with van der Waals surface area (Å²) in [6.45, 7) is 0.174. The summed E-state index contributed by atoms with van der Waals surface area (Å²) < 4.78 is 11.0. The maximum absolute atomic E-state index is 12.3. The van der Waals surface area contributed by atoms with E-state index in [1.54, 1.807) is 36.5 Å². The van der Waals surface area contributed by atoms with Crippen LogP contribution in [0.25, 0.3) is 6.08 Å². The number of aromatic nitrogens is 1. The second-order valence-electron chi connectivity index (χ2n) is 5.18. The van der Waals surface area contributed by atoms with E-state index in [2.05, 4.69) is 4.98 Å². The average Bonchev–Trinajstić information content (AvgIpc) is 2.67. The molecule has 4 nitrogen and oxygen atoms in total. The first-order valence-corrected chi connectivity index (χ1v) is 7.89. The molecule has 0 aliphatic heterocycles. The number of esters is 1. The largest absolute Gasteiger partial charge is 0.458 e. The SMILES string of the molecule is O=C(OCC=Cc1ccccc1)c1cccnc1Oc1ccccc1. The Labute approximate surface area is 146 Å². The third kappa shape index (κ3) is 4.78. The second kappa shape index (κ2) is 8.45. The van der Waals surface area contributed by atoms with Gasteiger partial charge in [0.25, 0.3) is 0 Å². The number of carbonyl (C=O) groups is 1. The summed E-state index contributed by atoms with van der Waals surface area (Å²) >= 11 is 0. The lowest BCUT2D eigenvalue weighted by Gasteiger charge is -2.09. The molecule has 0 fully saturated rings. The van der Waals surface area contributed by atoms with Crippen molar-refractivity contribution in [1.29, 1.82) is 0 Å². The number of nitrogens with zero attached hydrogens (tertiary/aromatic N) is 1. The summed E-state index contributed by atoms with van der Waals surface area (Å²) in [6, 6.07) is 22.3. The molecule has 1 heterocycles. The van der Waals surface area contributed by atoms with Crippen LogP contribution in [0.4, 0.5) is 0 Å². The van der Waals surface area contributed by atoms with Gasteiger partial charge in [-0.1, -0.05) is 54.6 Å². The molecule has 0 saturated carbocycles. The monoisotopic (exact) mass is 331 g/mol. The minimum Gasteiger partial charge on any atom is -0.458 e. The highest BCUT2D eigenvalue weighted by molar-refractivity contribution is 5.92. The molecule has 0 amide bonds. The van der Waals surface area contributed by atoms with Crippen LogP contribution in [0.15, 0.2) is 85.1 Å². The van der Waals surface area contributed by atoms with Gasteiger partial charge in [-0.25, -0.2) is 9.78 Å². The smallest absolute Gasteiger partial charge is 0.343 e. The lowest BCUT2D eigenvalue weighted by Crippen LogP contribution is -2.07. The Morgan fingerprint density at radius 1 is 0.920 bits per heavy atom. The van der Waals surface area contributed by atoms with Crippen LogP contribution in [-0.2, 0) is 4.74 Å². The van der Waals surface area contributed by atoms with Crippen molar-refractivity contribution in [2.75, 3.05) is 6.61 Å². The normalized spacial score (nSPS) is 10.6. The standard InChI is InChI=1S/C21H17NO3/c23-21(24-16-8-11-17-9-3-1-4-10-17)19-14-7-15-22-20(19)25-18-12-5-2-6-13-18/h1-15H,16H2. The summed E-state index contributed by atoms with van der Waals surface area (Å²) in [5, 5.41) is 0. The molecule has 124 valence electrons. The van der Waals surface area contributed by atoms with Crippen molar-refractivity contribution in [3.8, 4) is 11.6 Å². The first kappa shape index (κ1) is 16.5. The minimum absolute atomic E-state index is 0.174. The Bertz CT molecular complexity index is 845. The van der Waals surface area contributed by atoms with Crippen LogP contribution in [0, 0.1) is 0 Å². The van der Waals surface area contributed by atoms with Crippen LogP contribution in [-0.4, -0.2) is 17.6 Å². The van der Waals surface area contributed by atoms with E-state index in [1.165, 1.54) is 0 Å². The van der Waals surface area contributed by atoms with E-state index < -0.39 is 5.97 Å². The molecule has 0 saturated heterocycles. The molecule has 1 aromatic heterocycles. The van der Waals surface area contributed by atoms with Crippen molar-refractivity contribution < 1.29 is 14.3 Å². The zero-order valence-corrected chi connectivity index (χ0v) is 13.5. The Kier molecular flexibility index (Phi) is 5.56. The predicted octanol–water partition coefficient (Wildman–Crippen LogP) is 4.74. The Balaban J connectivity index is 1.63. The Morgan fingerprint density at radius 3 is 2.40 bits per heavy atom. The molecule has 0 aliphatic rings. The molecular weight excluding hydrogens is 314 g/mol. The number of hydrogen-bond acceptors (Lipinski definition) is 4. The van der Waals surface area contributed by atoms with Crippen LogP contribution >= 0.6 is 0 Å². The van der Waals surface area contributed by atoms with Crippen LogP contribution in [0.5, 0.6) is 11.6 Å². The average molecular weight is 331 g/mol. The lowest BCUT2D eigenvalue weighted by atomic mass is 10.2. The van der Waals surface area contributed by atoms with Crippen LogP contribution in [0.2, 0.25) is 0 Å². The summed E-state index contributed by atoms with van der Waals surface area (Å²) in [5.74, 6) is 0.363. The maximum Gasteiger partial charge on any atom is 0.343 e. The highest BCUT2D eigenvalue weighted by Crippen LogP contribution is 2.23. The minimum atomic E-state index is -0.475. The quantitative estimate of drug-likeness (QED) is 0.612. The van der Waals surface area contributed by atoms with Crippen molar-refractivity contribution in [2.45, 2.75) is 0 Å². The molecule has 25 heavy (non-hydrogen) atoms. The van der Waals surface area contributed by atoms with E-state index in [0.717, 1.165) is 5.56 Å². The Hall–Kier alpha value is -3.40. The van der Waals surface area contributed by atoms with E-state index in [9.17, 15) is 4.79 Å². The third-order valence-corrected chi connectivity index (χ3v) is 3.37. The number of benzene rings is 2. The predicted molar refractivity (Wildman–Crippen MR) is 96.5 cm³/mol. The van der Waals surface area contributed by atoms with Gasteiger partial charge in [-0.2, -0.15) is 0 Å². The van der Waals surface area contributed by atoms with Crippen molar-refractivity contribution in [3.63, 3.8) is 0 Å². The van der Waals surface area contributed by atoms with Gasteiger partial charge in [0.15, 0.2) is 0 Å². The Morgan fingerprint density at radius 2 is 1.64 bits per heavy atom. The topological polar surface area (TPSA) is 48.4 Å². The van der Waals surface area contributed by atoms with Crippen LogP contribution in [0.3, 0.4) is 0 Å². The van der Waals surface area contributed by atoms with Crippen molar-refractivity contribution >= 4 is 12.0 Å². The van der Waals surface area contributed by atoms with Gasteiger partial charge in [0, 0.05) is 6.20 Å². The molecule has 0 atom stereocenters. The van der Waals surface area contributed by atoms with Gasteiger partial charge in [0.05, 0.1) is 0 Å². The number of hydrogen-bond donors (Lipinski definition) is 0. The van der Waals surface area contributed by atoms with Gasteiger partial charge < -0.3 is 9.47 Å². The lowest BCUT2D eigenvalue weighted by molar-refractivity contribution is 0.0546. The van der Waals surface area contributed by atoms with E-state index >= 15 is 0 Å². The first-order valence-electron chi connectivity index (χ1n) is 7.89. The van der Waals surface area contributed by atoms with Crippen LogP contribution in [0.1, 0.15) is 15.9 Å². The second-order valence-corrected chi connectivity index (χ2v) is 5.18. The van der Waals surface area contributed by atoms with Crippen molar-refractivity contribution in [1.82, 2.24) is 4.98 Å². The van der Waals surface area contributed by atoms with E-state index in [4.69, 9.17) is 9.47 Å². The molecule has 0 N–H and O–H groups in total. The highest BCUT2D eigenvalue weighted by Gasteiger charge is 2.15. The summed E-state index contributed by atoms with van der Waals surface area (Å²) in [7, 11) is 0. The zero-order valence-electron chi connectivity index (χ0n) is 13.5. The van der Waals surface area contributed by atoms with Gasteiger partial charge in [-0.15, -0.1) is 0 Å². The molecule has 2 aromatic carbocycles. The molecule has 3 rings (SSSR count). The molecule has 3 aromatic rings. The van der Waals surface area contributed by atoms with Gasteiger partial charge in [-0.3, -0.25) is 0 Å². The number of pyridine rings is 1. The fraction of sp³-hybridized carbons (Fsp3) is 0.0476. The zero-order chi connectivity index (χ0) is 17.3. The number of ether oxygens (including phenoxy) is 2. The van der Waals surface area contributed by atoms with Crippen molar-refractivity contribution in [2.24, 2.45) is 0 Å². The fourth-order valence-corrected chi connectivity index (χ4v) is 2.18. The van der Waals surface area contributed by atoms with Crippen LogP contribution < -0.4 is 4.74 Å². The molecule has 0 radical (unpaired) electrons. The van der Waals surface area contributed by atoms with Gasteiger partial charge in [-0.05, 0) is 35.9 Å². The summed E-state index contributed by atoms with van der Waals surface area (Å²) in [5.41, 5.74) is 1.34. The van der Waals surface area contributed by atoms with Gasteiger partial charge >= 0.3 is 5.97 Å². The van der Waals surface area contributed by atoms with Gasteiger partial charge in [0.2, 0.25) is 5.88 Å². The van der Waals surface area contributed by atoms with E-state index in [0.29, 0.717) is 11.3 Å². The van der Waals surface area contributed by atoms with Crippen molar-refractivity contribution in [3.05, 3.63) is 96.2 Å². The van der Waals surface area contributed by atoms with E-state index in [1.807, 2.05) is 54.6 Å². The number of para-hydroxylation sites is 1. The molecular formula is C21H17NO3.